The molecule has 2 heteroatoms. The SMILES string of the molecule is CCCCCCCC1CCC(c2ccc3c(F)c(CCc4ccc(C#N)cc4)ccc3c2)CC1. The second-order valence-corrected chi connectivity index (χ2v) is 10.2. The Morgan fingerprint density at radius 3 is 2.35 bits per heavy atom. The molecule has 0 saturated heterocycles. The van der Waals surface area contributed by atoms with Gasteiger partial charge in [0.15, 0.2) is 0 Å². The molecule has 0 aliphatic heterocycles. The van der Waals surface area contributed by atoms with Gasteiger partial charge in [-0.15, -0.1) is 0 Å². The molecule has 3 aromatic rings. The Kier molecular flexibility index (Phi) is 8.75. The first-order valence-corrected chi connectivity index (χ1v) is 13.4. The Balaban J connectivity index is 1.34. The summed E-state index contributed by atoms with van der Waals surface area (Å²) in [6.07, 6.45) is 15.0. The summed E-state index contributed by atoms with van der Waals surface area (Å²) in [4.78, 5) is 0. The molecule has 1 fully saturated rings. The van der Waals surface area contributed by atoms with Crippen molar-refractivity contribution in [3.63, 3.8) is 0 Å². The van der Waals surface area contributed by atoms with Crippen molar-refractivity contribution in [2.75, 3.05) is 0 Å². The number of rotatable bonds is 10. The van der Waals surface area contributed by atoms with Crippen molar-refractivity contribution in [3.8, 4) is 6.07 Å². The predicted molar refractivity (Wildman–Crippen MR) is 141 cm³/mol. The number of hydrogen-bond acceptors (Lipinski definition) is 1. The number of nitrogens with zero attached hydrogens (tertiary/aromatic N) is 1. The molecule has 0 amide bonds. The lowest BCUT2D eigenvalue weighted by atomic mass is 9.76. The first-order chi connectivity index (χ1) is 16.7. The number of fused-ring (bicyclic) bond motifs is 1. The van der Waals surface area contributed by atoms with Gasteiger partial charge in [0.25, 0.3) is 0 Å². The number of halogens is 1. The van der Waals surface area contributed by atoms with E-state index in [1.165, 1.54) is 69.8 Å². The third-order valence-electron chi connectivity index (χ3n) is 7.86. The molecule has 178 valence electrons. The quantitative estimate of drug-likeness (QED) is 0.279. The van der Waals surface area contributed by atoms with E-state index in [9.17, 15) is 0 Å². The number of unbranched alkanes of at least 4 members (excludes halogenated alkanes) is 4. The van der Waals surface area contributed by atoms with Crippen LogP contribution in [0.3, 0.4) is 0 Å². The lowest BCUT2D eigenvalue weighted by Gasteiger charge is -2.29. The Hall–Kier alpha value is -2.66. The molecule has 3 aromatic carbocycles. The molecule has 0 unspecified atom stereocenters. The second-order valence-electron chi connectivity index (χ2n) is 10.2. The van der Waals surface area contributed by atoms with Gasteiger partial charge in [-0.25, -0.2) is 4.39 Å². The fourth-order valence-corrected chi connectivity index (χ4v) is 5.65. The van der Waals surface area contributed by atoms with Gasteiger partial charge in [-0.1, -0.05) is 87.9 Å². The highest BCUT2D eigenvalue weighted by atomic mass is 19.1. The van der Waals surface area contributed by atoms with E-state index in [2.05, 4.69) is 31.2 Å². The van der Waals surface area contributed by atoms with E-state index in [0.717, 1.165) is 34.2 Å². The van der Waals surface area contributed by atoms with Gasteiger partial charge in [0.2, 0.25) is 0 Å². The molecule has 0 radical (unpaired) electrons. The summed E-state index contributed by atoms with van der Waals surface area (Å²) in [6, 6.07) is 20.2. The van der Waals surface area contributed by atoms with Crippen molar-refractivity contribution in [1.29, 1.82) is 5.26 Å². The summed E-state index contributed by atoms with van der Waals surface area (Å²) in [5.41, 5.74) is 3.94. The minimum Gasteiger partial charge on any atom is -0.206 e. The molecule has 0 heterocycles. The maximum absolute atomic E-state index is 15.3. The van der Waals surface area contributed by atoms with E-state index in [-0.39, 0.29) is 5.82 Å². The predicted octanol–water partition coefficient (Wildman–Crippen LogP) is 9.27. The number of nitriles is 1. The Labute approximate surface area is 205 Å². The average molecular weight is 456 g/mol. The topological polar surface area (TPSA) is 23.8 Å². The molecular weight excluding hydrogens is 417 g/mol. The van der Waals surface area contributed by atoms with Gasteiger partial charge >= 0.3 is 0 Å². The van der Waals surface area contributed by atoms with E-state index < -0.39 is 0 Å². The van der Waals surface area contributed by atoms with Crippen LogP contribution in [-0.4, -0.2) is 0 Å². The third-order valence-corrected chi connectivity index (χ3v) is 7.86. The van der Waals surface area contributed by atoms with Gasteiger partial charge in [-0.05, 0) is 84.6 Å². The van der Waals surface area contributed by atoms with Crippen LogP contribution in [0.15, 0.2) is 54.6 Å². The summed E-state index contributed by atoms with van der Waals surface area (Å²) in [7, 11) is 0. The number of hydrogen-bond donors (Lipinski definition) is 0. The zero-order valence-corrected chi connectivity index (χ0v) is 20.7. The molecule has 0 atom stereocenters. The smallest absolute Gasteiger partial charge is 0.134 e. The molecule has 34 heavy (non-hydrogen) atoms. The van der Waals surface area contributed by atoms with Crippen LogP contribution in [0.4, 0.5) is 4.39 Å². The van der Waals surface area contributed by atoms with Gasteiger partial charge in [-0.2, -0.15) is 5.26 Å². The molecule has 4 rings (SSSR count). The van der Waals surface area contributed by atoms with Crippen molar-refractivity contribution in [2.24, 2.45) is 5.92 Å². The highest BCUT2D eigenvalue weighted by Crippen LogP contribution is 2.39. The lowest BCUT2D eigenvalue weighted by Crippen LogP contribution is -2.13. The molecule has 1 nitrogen and oxygen atoms in total. The van der Waals surface area contributed by atoms with Crippen molar-refractivity contribution < 1.29 is 4.39 Å². The molecule has 0 bridgehead atoms. The van der Waals surface area contributed by atoms with Crippen molar-refractivity contribution in [2.45, 2.75) is 89.9 Å². The van der Waals surface area contributed by atoms with Crippen LogP contribution in [-0.2, 0) is 12.8 Å². The first-order valence-electron chi connectivity index (χ1n) is 13.4. The van der Waals surface area contributed by atoms with E-state index in [0.29, 0.717) is 17.9 Å². The summed E-state index contributed by atoms with van der Waals surface area (Å²) in [5.74, 6) is 1.46. The van der Waals surface area contributed by atoms with E-state index in [1.54, 1.807) is 0 Å². The van der Waals surface area contributed by atoms with Crippen LogP contribution in [0.25, 0.3) is 10.8 Å². The van der Waals surface area contributed by atoms with Crippen LogP contribution < -0.4 is 0 Å². The molecule has 1 aliphatic rings. The van der Waals surface area contributed by atoms with Crippen LogP contribution >= 0.6 is 0 Å². The molecule has 0 aromatic heterocycles. The van der Waals surface area contributed by atoms with Crippen LogP contribution in [0, 0.1) is 23.1 Å². The maximum Gasteiger partial charge on any atom is 0.134 e. The average Bonchev–Trinajstić information content (AvgIpc) is 2.89. The number of aryl methyl sites for hydroxylation is 2. The van der Waals surface area contributed by atoms with Gasteiger partial charge < -0.3 is 0 Å². The molecular formula is C32H38FN. The highest BCUT2D eigenvalue weighted by molar-refractivity contribution is 5.84. The van der Waals surface area contributed by atoms with E-state index in [4.69, 9.17) is 5.26 Å². The first kappa shape index (κ1) is 24.5. The zero-order chi connectivity index (χ0) is 23.8. The fraction of sp³-hybridized carbons (Fsp3) is 0.469. The van der Waals surface area contributed by atoms with E-state index >= 15 is 4.39 Å². The van der Waals surface area contributed by atoms with Crippen molar-refractivity contribution in [3.05, 3.63) is 82.7 Å². The van der Waals surface area contributed by atoms with E-state index in [1.807, 2.05) is 36.4 Å². The second kappa shape index (κ2) is 12.2. The zero-order valence-electron chi connectivity index (χ0n) is 20.7. The largest absolute Gasteiger partial charge is 0.206 e. The minimum atomic E-state index is -0.0792. The van der Waals surface area contributed by atoms with Crippen LogP contribution in [0.5, 0.6) is 0 Å². The molecule has 1 aliphatic carbocycles. The summed E-state index contributed by atoms with van der Waals surface area (Å²) >= 11 is 0. The maximum atomic E-state index is 15.3. The molecule has 0 spiro atoms. The number of benzene rings is 3. The standard InChI is InChI=1S/C32H38FN/c1-2-3-4-5-6-7-24-12-15-27(16-13-24)29-20-21-31-30(22-29)19-18-28(32(31)33)17-14-25-8-10-26(23-34)11-9-25/h8-11,18-22,24,27H,2-7,12-17H2,1H3. The Bertz CT molecular complexity index is 1100. The normalized spacial score (nSPS) is 18.1. The monoisotopic (exact) mass is 455 g/mol. The third kappa shape index (κ3) is 6.26. The van der Waals surface area contributed by atoms with Gasteiger partial charge in [-0.3, -0.25) is 0 Å². The molecule has 0 N–H and O–H groups in total. The van der Waals surface area contributed by atoms with Crippen molar-refractivity contribution >= 4 is 10.8 Å². The fourth-order valence-electron chi connectivity index (χ4n) is 5.65. The van der Waals surface area contributed by atoms with Crippen LogP contribution in [0.2, 0.25) is 0 Å². The summed E-state index contributed by atoms with van der Waals surface area (Å²) in [5, 5.41) is 10.7. The summed E-state index contributed by atoms with van der Waals surface area (Å²) < 4.78 is 15.3. The van der Waals surface area contributed by atoms with Gasteiger partial charge in [0, 0.05) is 5.39 Å². The Morgan fingerprint density at radius 1 is 0.853 bits per heavy atom. The highest BCUT2D eigenvalue weighted by Gasteiger charge is 2.22. The van der Waals surface area contributed by atoms with Crippen LogP contribution in [0.1, 0.15) is 99.3 Å². The van der Waals surface area contributed by atoms with Crippen molar-refractivity contribution in [1.82, 2.24) is 0 Å². The summed E-state index contributed by atoms with van der Waals surface area (Å²) in [6.45, 7) is 2.28. The Morgan fingerprint density at radius 2 is 1.62 bits per heavy atom. The lowest BCUT2D eigenvalue weighted by molar-refractivity contribution is 0.302. The molecule has 1 saturated carbocycles. The van der Waals surface area contributed by atoms with Gasteiger partial charge in [0.1, 0.15) is 5.82 Å². The van der Waals surface area contributed by atoms with Gasteiger partial charge in [0.05, 0.1) is 11.6 Å². The minimum absolute atomic E-state index is 0.0792.